The van der Waals surface area contributed by atoms with Crippen LogP contribution in [0.15, 0.2) is 39.4 Å². The lowest BCUT2D eigenvalue weighted by atomic mass is 10.2. The number of hydrogen-bond donors (Lipinski definition) is 2. The van der Waals surface area contributed by atoms with Crippen LogP contribution >= 0.6 is 0 Å². The molecular formula is C17H16N2O6. The number of aliphatic carboxylic acids is 1. The molecule has 2 N–H and O–H groups in total. The van der Waals surface area contributed by atoms with Gasteiger partial charge in [-0.2, -0.15) is 0 Å². The number of carbonyl (C=O) groups excluding carboxylic acids is 1. The van der Waals surface area contributed by atoms with Crippen molar-refractivity contribution in [2.24, 2.45) is 0 Å². The average Bonchev–Trinajstić information content (AvgIpc) is 3.18. The fourth-order valence-corrected chi connectivity index (χ4v) is 2.39. The fraction of sp³-hybridized carbons (Fsp3) is 0.235. The van der Waals surface area contributed by atoms with Crippen LogP contribution in [-0.2, 0) is 4.79 Å². The van der Waals surface area contributed by atoms with Crippen LogP contribution in [0.1, 0.15) is 34.8 Å². The SMILES string of the molecule is Cc1oncc1C(=O)NC(C)c1cc2cccc(OCC(=O)O)c2o1. The number of ether oxygens (including phenoxy) is 1. The van der Waals surface area contributed by atoms with Crippen LogP contribution in [0.3, 0.4) is 0 Å². The number of carbonyl (C=O) groups is 2. The van der Waals surface area contributed by atoms with Crippen molar-refractivity contribution in [3.8, 4) is 5.75 Å². The standard InChI is InChI=1S/C17H16N2O6/c1-9(19-17(22)12-7-18-25-10(12)2)14-6-11-4-3-5-13(16(11)24-14)23-8-15(20)21/h3-7,9H,8H2,1-2H3,(H,19,22)(H,20,21). The highest BCUT2D eigenvalue weighted by Gasteiger charge is 2.19. The molecule has 8 nitrogen and oxygen atoms in total. The van der Waals surface area contributed by atoms with Gasteiger partial charge in [-0.1, -0.05) is 17.3 Å². The van der Waals surface area contributed by atoms with Crippen molar-refractivity contribution in [3.05, 3.63) is 47.5 Å². The van der Waals surface area contributed by atoms with E-state index in [1.807, 2.05) is 6.07 Å². The van der Waals surface area contributed by atoms with Crippen LogP contribution in [0, 0.1) is 6.92 Å². The molecule has 3 rings (SSSR count). The van der Waals surface area contributed by atoms with E-state index in [9.17, 15) is 9.59 Å². The molecule has 3 aromatic rings. The second kappa shape index (κ2) is 6.68. The molecule has 0 spiro atoms. The maximum Gasteiger partial charge on any atom is 0.341 e. The summed E-state index contributed by atoms with van der Waals surface area (Å²) in [6.07, 6.45) is 1.36. The van der Waals surface area contributed by atoms with Crippen molar-refractivity contribution < 1.29 is 28.4 Å². The number of benzene rings is 1. The van der Waals surface area contributed by atoms with E-state index in [0.717, 1.165) is 5.39 Å². The highest BCUT2D eigenvalue weighted by atomic mass is 16.5. The highest BCUT2D eigenvalue weighted by Crippen LogP contribution is 2.31. The summed E-state index contributed by atoms with van der Waals surface area (Å²) in [5.41, 5.74) is 0.787. The molecule has 130 valence electrons. The summed E-state index contributed by atoms with van der Waals surface area (Å²) >= 11 is 0. The van der Waals surface area contributed by atoms with Gasteiger partial charge in [-0.3, -0.25) is 4.79 Å². The summed E-state index contributed by atoms with van der Waals surface area (Å²) in [4.78, 5) is 22.9. The molecule has 1 aromatic carbocycles. The molecule has 0 saturated heterocycles. The first kappa shape index (κ1) is 16.6. The van der Waals surface area contributed by atoms with Crippen molar-refractivity contribution in [3.63, 3.8) is 0 Å². The number of rotatable bonds is 6. The third-order valence-corrected chi connectivity index (χ3v) is 3.65. The smallest absolute Gasteiger partial charge is 0.341 e. The Hall–Kier alpha value is -3.29. The van der Waals surface area contributed by atoms with Gasteiger partial charge in [0.1, 0.15) is 17.1 Å². The predicted molar refractivity (Wildman–Crippen MR) is 86.5 cm³/mol. The van der Waals surface area contributed by atoms with E-state index in [-0.39, 0.29) is 5.91 Å². The van der Waals surface area contributed by atoms with E-state index in [1.165, 1.54) is 6.20 Å². The molecule has 0 aliphatic carbocycles. The Bertz CT molecular complexity index is 926. The Kier molecular flexibility index (Phi) is 4.42. The van der Waals surface area contributed by atoms with E-state index in [2.05, 4.69) is 10.5 Å². The van der Waals surface area contributed by atoms with Gasteiger partial charge in [0, 0.05) is 5.39 Å². The van der Waals surface area contributed by atoms with Gasteiger partial charge in [-0.05, 0) is 26.0 Å². The topological polar surface area (TPSA) is 115 Å². The van der Waals surface area contributed by atoms with Gasteiger partial charge in [0.2, 0.25) is 0 Å². The lowest BCUT2D eigenvalue weighted by Gasteiger charge is -2.10. The quantitative estimate of drug-likeness (QED) is 0.706. The van der Waals surface area contributed by atoms with Crippen LogP contribution in [-0.4, -0.2) is 28.7 Å². The molecule has 1 unspecified atom stereocenters. The molecule has 1 atom stereocenters. The van der Waals surface area contributed by atoms with Gasteiger partial charge < -0.3 is 24.1 Å². The van der Waals surface area contributed by atoms with Crippen LogP contribution in [0.4, 0.5) is 0 Å². The number of amides is 1. The van der Waals surface area contributed by atoms with Crippen LogP contribution in [0.5, 0.6) is 5.75 Å². The lowest BCUT2D eigenvalue weighted by molar-refractivity contribution is -0.139. The Labute approximate surface area is 142 Å². The first-order valence-corrected chi connectivity index (χ1v) is 7.55. The molecule has 2 heterocycles. The van der Waals surface area contributed by atoms with Crippen LogP contribution in [0.2, 0.25) is 0 Å². The molecule has 0 fully saturated rings. The van der Waals surface area contributed by atoms with E-state index in [4.69, 9.17) is 18.8 Å². The van der Waals surface area contributed by atoms with Crippen molar-refractivity contribution in [2.75, 3.05) is 6.61 Å². The minimum Gasteiger partial charge on any atom is -0.479 e. The van der Waals surface area contributed by atoms with Crippen LogP contribution in [0.25, 0.3) is 11.0 Å². The van der Waals surface area contributed by atoms with Gasteiger partial charge in [0.25, 0.3) is 5.91 Å². The highest BCUT2D eigenvalue weighted by molar-refractivity contribution is 5.95. The first-order chi connectivity index (χ1) is 12.0. The zero-order valence-electron chi connectivity index (χ0n) is 13.6. The molecule has 0 aliphatic rings. The molecule has 25 heavy (non-hydrogen) atoms. The number of nitrogens with zero attached hydrogens (tertiary/aromatic N) is 1. The molecular weight excluding hydrogens is 328 g/mol. The zero-order valence-corrected chi connectivity index (χ0v) is 13.6. The number of fused-ring (bicyclic) bond motifs is 1. The molecule has 2 aromatic heterocycles. The Balaban J connectivity index is 1.81. The lowest BCUT2D eigenvalue weighted by Crippen LogP contribution is -2.26. The number of carboxylic acids is 1. The molecule has 0 bridgehead atoms. The summed E-state index contributed by atoms with van der Waals surface area (Å²) < 4.78 is 15.9. The number of hydrogen-bond acceptors (Lipinski definition) is 6. The van der Waals surface area contributed by atoms with Crippen LogP contribution < -0.4 is 10.1 Å². The second-order valence-electron chi connectivity index (χ2n) is 5.50. The Morgan fingerprint density at radius 2 is 2.20 bits per heavy atom. The zero-order chi connectivity index (χ0) is 18.0. The first-order valence-electron chi connectivity index (χ1n) is 7.55. The largest absolute Gasteiger partial charge is 0.479 e. The van der Waals surface area contributed by atoms with E-state index < -0.39 is 18.6 Å². The van der Waals surface area contributed by atoms with Crippen molar-refractivity contribution in [1.29, 1.82) is 0 Å². The van der Waals surface area contributed by atoms with Crippen molar-refractivity contribution in [1.82, 2.24) is 10.5 Å². The fourth-order valence-electron chi connectivity index (χ4n) is 2.39. The number of para-hydroxylation sites is 1. The molecule has 0 radical (unpaired) electrons. The summed E-state index contributed by atoms with van der Waals surface area (Å²) in [5.74, 6) is -0.121. The second-order valence-corrected chi connectivity index (χ2v) is 5.50. The molecule has 0 aliphatic heterocycles. The average molecular weight is 344 g/mol. The molecule has 1 amide bonds. The van der Waals surface area contributed by atoms with Gasteiger partial charge in [-0.25, -0.2) is 4.79 Å². The molecule has 8 heteroatoms. The van der Waals surface area contributed by atoms with Crippen molar-refractivity contribution in [2.45, 2.75) is 19.9 Å². The number of carboxylic acid groups (broad SMARTS) is 1. The minimum atomic E-state index is -1.08. The summed E-state index contributed by atoms with van der Waals surface area (Å²) in [7, 11) is 0. The minimum absolute atomic E-state index is 0.325. The number of nitrogens with one attached hydrogen (secondary N) is 1. The third kappa shape index (κ3) is 3.47. The van der Waals surface area contributed by atoms with E-state index in [0.29, 0.717) is 28.4 Å². The van der Waals surface area contributed by atoms with Crippen molar-refractivity contribution >= 4 is 22.8 Å². The Morgan fingerprint density at radius 1 is 1.40 bits per heavy atom. The van der Waals surface area contributed by atoms with E-state index >= 15 is 0 Å². The summed E-state index contributed by atoms with van der Waals surface area (Å²) in [6, 6.07) is 6.54. The van der Waals surface area contributed by atoms with Gasteiger partial charge in [-0.15, -0.1) is 0 Å². The predicted octanol–water partition coefficient (Wildman–Crippen LogP) is 2.68. The maximum absolute atomic E-state index is 12.2. The third-order valence-electron chi connectivity index (χ3n) is 3.65. The maximum atomic E-state index is 12.2. The van der Waals surface area contributed by atoms with E-state index in [1.54, 1.807) is 32.0 Å². The van der Waals surface area contributed by atoms with Gasteiger partial charge >= 0.3 is 5.97 Å². The number of aromatic nitrogens is 1. The monoisotopic (exact) mass is 344 g/mol. The Morgan fingerprint density at radius 3 is 2.88 bits per heavy atom. The summed E-state index contributed by atoms with van der Waals surface area (Å²) in [5, 5.41) is 15.9. The van der Waals surface area contributed by atoms with Gasteiger partial charge in [0.05, 0.1) is 12.2 Å². The normalized spacial score (nSPS) is 12.1. The number of aryl methyl sites for hydroxylation is 1. The van der Waals surface area contributed by atoms with Gasteiger partial charge in [0.15, 0.2) is 17.9 Å². The molecule has 0 saturated carbocycles. The number of furan rings is 1. The summed E-state index contributed by atoms with van der Waals surface area (Å²) in [6.45, 7) is 2.96.